The van der Waals surface area contributed by atoms with Gasteiger partial charge in [0.2, 0.25) is 0 Å². The minimum Gasteiger partial charge on any atom is -0.462 e. The topological polar surface area (TPSA) is 84.1 Å². The maximum atomic E-state index is 12.7. The first-order valence-electron chi connectivity index (χ1n) is 9.31. The monoisotopic (exact) mass is 415 g/mol. The first-order chi connectivity index (χ1) is 14.6. The van der Waals surface area contributed by atoms with E-state index in [2.05, 4.69) is 11.4 Å². The zero-order valence-electron chi connectivity index (χ0n) is 16.1. The van der Waals surface area contributed by atoms with Crippen molar-refractivity contribution < 1.29 is 9.53 Å². The van der Waals surface area contributed by atoms with Crippen LogP contribution in [0.15, 0.2) is 71.5 Å². The lowest BCUT2D eigenvalue weighted by atomic mass is 10.1. The van der Waals surface area contributed by atoms with Crippen molar-refractivity contribution in [1.29, 1.82) is 5.26 Å². The van der Waals surface area contributed by atoms with Crippen molar-refractivity contribution in [3.63, 3.8) is 0 Å². The fourth-order valence-corrected chi connectivity index (χ4v) is 4.36. The SMILES string of the molecule is CCOC(=O)c1sc2c(ccc(=O)n2-c2ccccc2)c1Nc1ccccc1C#N. The molecular weight excluding hydrogens is 398 g/mol. The van der Waals surface area contributed by atoms with Crippen LogP contribution in [0.2, 0.25) is 0 Å². The van der Waals surface area contributed by atoms with E-state index in [0.717, 1.165) is 0 Å². The second-order valence-electron chi connectivity index (χ2n) is 6.37. The Kier molecular flexibility index (Phi) is 5.33. The van der Waals surface area contributed by atoms with Crippen molar-refractivity contribution in [1.82, 2.24) is 4.57 Å². The van der Waals surface area contributed by atoms with Crippen molar-refractivity contribution in [3.05, 3.63) is 87.5 Å². The van der Waals surface area contributed by atoms with Crippen molar-refractivity contribution in [2.75, 3.05) is 11.9 Å². The number of fused-ring (bicyclic) bond motifs is 1. The number of nitrogens with zero attached hydrogens (tertiary/aromatic N) is 2. The van der Waals surface area contributed by atoms with Crippen LogP contribution in [0.3, 0.4) is 0 Å². The Bertz CT molecular complexity index is 1330. The standard InChI is InChI=1S/C23H17N3O3S/c1-2-29-23(28)21-20(25-18-11-7-6-8-15(18)14-24)17-12-13-19(27)26(22(17)30-21)16-9-4-3-5-10-16/h3-13,25H,2H2,1H3. The van der Waals surface area contributed by atoms with Gasteiger partial charge in [-0.2, -0.15) is 5.26 Å². The number of carbonyl (C=O) groups excluding carboxylic acids is 1. The molecule has 7 heteroatoms. The lowest BCUT2D eigenvalue weighted by Gasteiger charge is -2.10. The molecule has 0 fully saturated rings. The quantitative estimate of drug-likeness (QED) is 0.471. The Labute approximate surface area is 176 Å². The molecule has 0 aliphatic carbocycles. The number of pyridine rings is 1. The molecule has 2 heterocycles. The summed E-state index contributed by atoms with van der Waals surface area (Å²) in [7, 11) is 0. The highest BCUT2D eigenvalue weighted by Gasteiger charge is 2.23. The summed E-state index contributed by atoms with van der Waals surface area (Å²) >= 11 is 1.18. The van der Waals surface area contributed by atoms with Gasteiger partial charge >= 0.3 is 5.97 Å². The van der Waals surface area contributed by atoms with E-state index in [9.17, 15) is 14.9 Å². The molecule has 2 aromatic heterocycles. The summed E-state index contributed by atoms with van der Waals surface area (Å²) in [6.45, 7) is 1.97. The Morgan fingerprint density at radius 3 is 2.57 bits per heavy atom. The molecule has 2 aromatic carbocycles. The number of anilines is 2. The van der Waals surface area contributed by atoms with Gasteiger partial charge in [0.15, 0.2) is 0 Å². The maximum absolute atomic E-state index is 12.7. The molecule has 0 spiro atoms. The molecule has 0 atom stereocenters. The average molecular weight is 415 g/mol. The second-order valence-corrected chi connectivity index (χ2v) is 7.37. The van der Waals surface area contributed by atoms with Gasteiger partial charge in [0, 0.05) is 11.5 Å². The fourth-order valence-electron chi connectivity index (χ4n) is 3.19. The molecule has 6 nitrogen and oxygen atoms in total. The number of esters is 1. The molecule has 148 valence electrons. The van der Waals surface area contributed by atoms with Crippen LogP contribution in [0.4, 0.5) is 11.4 Å². The third kappa shape index (κ3) is 3.45. The molecule has 0 unspecified atom stereocenters. The molecule has 0 saturated carbocycles. The zero-order chi connectivity index (χ0) is 21.1. The normalized spacial score (nSPS) is 10.5. The van der Waals surface area contributed by atoms with Crippen molar-refractivity contribution in [3.8, 4) is 11.8 Å². The number of benzene rings is 2. The molecule has 0 aliphatic heterocycles. The number of aromatic nitrogens is 1. The van der Waals surface area contributed by atoms with Gasteiger partial charge in [-0.05, 0) is 37.3 Å². The number of nitriles is 1. The Hall–Kier alpha value is -3.89. The second kappa shape index (κ2) is 8.23. The summed E-state index contributed by atoms with van der Waals surface area (Å²) in [5.41, 5.74) is 2.04. The van der Waals surface area contributed by atoms with Crippen LogP contribution in [0.1, 0.15) is 22.2 Å². The van der Waals surface area contributed by atoms with E-state index >= 15 is 0 Å². The van der Waals surface area contributed by atoms with Crippen LogP contribution in [-0.2, 0) is 4.74 Å². The van der Waals surface area contributed by atoms with Gasteiger partial charge in [0.25, 0.3) is 5.56 Å². The highest BCUT2D eigenvalue weighted by molar-refractivity contribution is 7.21. The molecule has 0 amide bonds. The Morgan fingerprint density at radius 1 is 1.10 bits per heavy atom. The smallest absolute Gasteiger partial charge is 0.350 e. The molecule has 4 rings (SSSR count). The molecule has 0 aliphatic rings. The molecule has 1 N–H and O–H groups in total. The molecule has 0 bridgehead atoms. The highest BCUT2D eigenvalue weighted by atomic mass is 32.1. The number of nitrogens with one attached hydrogen (secondary N) is 1. The molecule has 4 aromatic rings. The largest absolute Gasteiger partial charge is 0.462 e. The van der Waals surface area contributed by atoms with E-state index < -0.39 is 5.97 Å². The number of thiophene rings is 1. The number of hydrogen-bond acceptors (Lipinski definition) is 6. The van der Waals surface area contributed by atoms with Crippen molar-refractivity contribution in [2.24, 2.45) is 0 Å². The summed E-state index contributed by atoms with van der Waals surface area (Å²) in [6, 6.07) is 21.6. The first kappa shape index (κ1) is 19.4. The van der Waals surface area contributed by atoms with Crippen LogP contribution in [0.5, 0.6) is 0 Å². The van der Waals surface area contributed by atoms with Crippen LogP contribution in [-0.4, -0.2) is 17.1 Å². The Balaban J connectivity index is 1.98. The van der Waals surface area contributed by atoms with Crippen LogP contribution < -0.4 is 10.9 Å². The van der Waals surface area contributed by atoms with E-state index in [-0.39, 0.29) is 12.2 Å². The zero-order valence-corrected chi connectivity index (χ0v) is 16.9. The number of hydrogen-bond donors (Lipinski definition) is 1. The third-order valence-electron chi connectivity index (χ3n) is 4.52. The number of ether oxygens (including phenoxy) is 1. The van der Waals surface area contributed by atoms with Gasteiger partial charge in [-0.3, -0.25) is 9.36 Å². The van der Waals surface area contributed by atoms with Crippen LogP contribution >= 0.6 is 11.3 Å². The molecule has 0 radical (unpaired) electrons. The van der Waals surface area contributed by atoms with Gasteiger partial charge < -0.3 is 10.1 Å². The minimum atomic E-state index is -0.484. The summed E-state index contributed by atoms with van der Waals surface area (Å²) < 4.78 is 6.82. The van der Waals surface area contributed by atoms with Crippen LogP contribution in [0, 0.1) is 11.3 Å². The molecular formula is C23H17N3O3S. The Morgan fingerprint density at radius 2 is 1.83 bits per heavy atom. The summed E-state index contributed by atoms with van der Waals surface area (Å²) in [6.07, 6.45) is 0. The summed E-state index contributed by atoms with van der Waals surface area (Å²) in [5, 5.41) is 13.3. The predicted molar refractivity (Wildman–Crippen MR) is 118 cm³/mol. The van der Waals surface area contributed by atoms with E-state index in [1.807, 2.05) is 36.4 Å². The van der Waals surface area contributed by atoms with Crippen molar-refractivity contribution >= 4 is 38.9 Å². The first-order valence-corrected chi connectivity index (χ1v) is 10.1. The lowest BCUT2D eigenvalue weighted by molar-refractivity contribution is 0.0533. The van der Waals surface area contributed by atoms with Crippen LogP contribution in [0.25, 0.3) is 15.9 Å². The van der Waals surface area contributed by atoms with E-state index in [4.69, 9.17) is 4.74 Å². The van der Waals surface area contributed by atoms with E-state index in [0.29, 0.717) is 37.7 Å². The third-order valence-corrected chi connectivity index (χ3v) is 5.69. The number of carbonyl (C=O) groups is 1. The van der Waals surface area contributed by atoms with E-state index in [1.165, 1.54) is 17.4 Å². The lowest BCUT2D eigenvalue weighted by Crippen LogP contribution is -2.16. The van der Waals surface area contributed by atoms with Gasteiger partial charge in [0.1, 0.15) is 15.8 Å². The average Bonchev–Trinajstić information content (AvgIpc) is 3.13. The van der Waals surface area contributed by atoms with Crippen molar-refractivity contribution in [2.45, 2.75) is 6.92 Å². The van der Waals surface area contributed by atoms with Gasteiger partial charge in [-0.15, -0.1) is 11.3 Å². The van der Waals surface area contributed by atoms with Gasteiger partial charge in [-0.25, -0.2) is 4.79 Å². The molecule has 0 saturated heterocycles. The van der Waals surface area contributed by atoms with E-state index in [1.54, 1.807) is 35.8 Å². The van der Waals surface area contributed by atoms with Gasteiger partial charge in [-0.1, -0.05) is 30.3 Å². The van der Waals surface area contributed by atoms with Gasteiger partial charge in [0.05, 0.1) is 29.2 Å². The minimum absolute atomic E-state index is 0.200. The number of para-hydroxylation sites is 2. The summed E-state index contributed by atoms with van der Waals surface area (Å²) in [4.78, 5) is 26.4. The maximum Gasteiger partial charge on any atom is 0.350 e. The fraction of sp³-hybridized carbons (Fsp3) is 0.0870. The summed E-state index contributed by atoms with van der Waals surface area (Å²) in [5.74, 6) is -0.484. The predicted octanol–water partition coefficient (Wildman–Crippen LogP) is 4.84. The highest BCUT2D eigenvalue weighted by Crippen LogP contribution is 2.38. The number of rotatable bonds is 5. The molecule has 30 heavy (non-hydrogen) atoms.